The Labute approximate surface area is 88.7 Å². The van der Waals surface area contributed by atoms with Gasteiger partial charge in [-0.15, -0.1) is 11.3 Å². The largest absolute Gasteiger partial charge is 0.319 e. The summed E-state index contributed by atoms with van der Waals surface area (Å²) in [4.78, 5) is 6.36. The summed E-state index contributed by atoms with van der Waals surface area (Å²) in [5.41, 5.74) is 1.41. The van der Waals surface area contributed by atoms with Gasteiger partial charge in [-0.25, -0.2) is 4.98 Å². The summed E-state index contributed by atoms with van der Waals surface area (Å²) < 4.78 is 0. The lowest BCUT2D eigenvalue weighted by atomic mass is 10.1. The van der Waals surface area contributed by atoms with Crippen molar-refractivity contribution in [2.45, 2.75) is 37.5 Å². The maximum atomic E-state index is 4.78. The number of likely N-dealkylation sites (N-methyl/N-ethyl adjacent to an activating group) is 1. The fraction of sp³-hybridized carbons (Fsp3) is 0.727. The van der Waals surface area contributed by atoms with Crippen molar-refractivity contribution in [3.8, 4) is 0 Å². The fourth-order valence-electron chi connectivity index (χ4n) is 2.27. The Morgan fingerprint density at radius 3 is 3.00 bits per heavy atom. The fourth-order valence-corrected chi connectivity index (χ4v) is 3.69. The van der Waals surface area contributed by atoms with Gasteiger partial charge in [-0.1, -0.05) is 0 Å². The molecule has 0 radical (unpaired) electrons. The Kier molecular flexibility index (Phi) is 2.10. The number of aryl methyl sites for hydroxylation is 1. The first kappa shape index (κ1) is 8.86. The molecule has 1 heterocycles. The molecule has 14 heavy (non-hydrogen) atoms. The van der Waals surface area contributed by atoms with E-state index in [1.54, 1.807) is 4.88 Å². The number of hydrogen-bond donors (Lipinski definition) is 1. The third-order valence-corrected chi connectivity index (χ3v) is 4.64. The molecule has 0 saturated heterocycles. The lowest BCUT2D eigenvalue weighted by Crippen LogP contribution is -2.14. The SMILES string of the molecule is CNCC1CCc2nc(C3CC3)sc21. The Bertz CT molecular complexity index is 341. The van der Waals surface area contributed by atoms with Crippen molar-refractivity contribution in [1.82, 2.24) is 10.3 Å². The van der Waals surface area contributed by atoms with Gasteiger partial charge in [0.25, 0.3) is 0 Å². The lowest BCUT2D eigenvalue weighted by molar-refractivity contribution is 0.628. The molecule has 0 amide bonds. The van der Waals surface area contributed by atoms with Crippen LogP contribution in [0.4, 0.5) is 0 Å². The zero-order chi connectivity index (χ0) is 9.54. The zero-order valence-corrected chi connectivity index (χ0v) is 9.36. The third kappa shape index (κ3) is 1.39. The molecule has 3 heteroatoms. The Morgan fingerprint density at radius 2 is 2.29 bits per heavy atom. The minimum Gasteiger partial charge on any atom is -0.319 e. The molecule has 2 nitrogen and oxygen atoms in total. The molecule has 0 spiro atoms. The number of nitrogens with zero attached hydrogens (tertiary/aromatic N) is 1. The van der Waals surface area contributed by atoms with Gasteiger partial charge in [-0.2, -0.15) is 0 Å². The van der Waals surface area contributed by atoms with Gasteiger partial charge in [-0.05, 0) is 32.7 Å². The molecule has 1 atom stereocenters. The molecule has 1 saturated carbocycles. The Hall–Kier alpha value is -0.410. The van der Waals surface area contributed by atoms with E-state index in [1.165, 1.54) is 36.4 Å². The van der Waals surface area contributed by atoms with E-state index in [-0.39, 0.29) is 0 Å². The van der Waals surface area contributed by atoms with Crippen LogP contribution in [0.3, 0.4) is 0 Å². The summed E-state index contributed by atoms with van der Waals surface area (Å²) in [6, 6.07) is 0. The molecule has 76 valence electrons. The van der Waals surface area contributed by atoms with Gasteiger partial charge in [0.2, 0.25) is 0 Å². The van der Waals surface area contributed by atoms with Crippen LogP contribution in [0.15, 0.2) is 0 Å². The second-order valence-corrected chi connectivity index (χ2v) is 5.49. The first-order valence-corrected chi connectivity index (χ1v) is 6.34. The van der Waals surface area contributed by atoms with Gasteiger partial charge in [0.05, 0.1) is 10.7 Å². The molecule has 2 aliphatic carbocycles. The van der Waals surface area contributed by atoms with Crippen LogP contribution < -0.4 is 5.32 Å². The number of hydrogen-bond acceptors (Lipinski definition) is 3. The molecule has 0 bridgehead atoms. The highest BCUT2D eigenvalue weighted by Crippen LogP contribution is 2.46. The highest BCUT2D eigenvalue weighted by atomic mass is 32.1. The molecule has 0 aliphatic heterocycles. The quantitative estimate of drug-likeness (QED) is 0.824. The molecule has 1 aromatic rings. The summed E-state index contributed by atoms with van der Waals surface area (Å²) in [6.45, 7) is 1.12. The van der Waals surface area contributed by atoms with Crippen LogP contribution in [-0.2, 0) is 6.42 Å². The van der Waals surface area contributed by atoms with Gasteiger partial charge < -0.3 is 5.32 Å². The predicted octanol–water partition coefficient (Wildman–Crippen LogP) is 2.27. The number of aromatic nitrogens is 1. The summed E-state index contributed by atoms with van der Waals surface area (Å²) >= 11 is 1.99. The molecular formula is C11H16N2S. The smallest absolute Gasteiger partial charge is 0.0962 e. The van der Waals surface area contributed by atoms with Crippen molar-refractivity contribution in [2.75, 3.05) is 13.6 Å². The minimum absolute atomic E-state index is 0.750. The van der Waals surface area contributed by atoms with E-state index in [2.05, 4.69) is 5.32 Å². The summed E-state index contributed by atoms with van der Waals surface area (Å²) in [7, 11) is 2.04. The average molecular weight is 208 g/mol. The van der Waals surface area contributed by atoms with Gasteiger partial charge in [0, 0.05) is 23.3 Å². The van der Waals surface area contributed by atoms with Gasteiger partial charge in [0.15, 0.2) is 0 Å². The van der Waals surface area contributed by atoms with Crippen LogP contribution in [0.25, 0.3) is 0 Å². The van der Waals surface area contributed by atoms with E-state index in [1.807, 2.05) is 18.4 Å². The second kappa shape index (κ2) is 3.31. The van der Waals surface area contributed by atoms with Crippen molar-refractivity contribution in [3.05, 3.63) is 15.6 Å². The van der Waals surface area contributed by atoms with Gasteiger partial charge >= 0.3 is 0 Å². The third-order valence-electron chi connectivity index (χ3n) is 3.22. The van der Waals surface area contributed by atoms with Crippen molar-refractivity contribution in [3.63, 3.8) is 0 Å². The summed E-state index contributed by atoms with van der Waals surface area (Å²) in [5.74, 6) is 1.58. The van der Waals surface area contributed by atoms with E-state index in [9.17, 15) is 0 Å². The Morgan fingerprint density at radius 1 is 1.43 bits per heavy atom. The van der Waals surface area contributed by atoms with Crippen LogP contribution >= 0.6 is 11.3 Å². The van der Waals surface area contributed by atoms with Crippen molar-refractivity contribution >= 4 is 11.3 Å². The topological polar surface area (TPSA) is 24.9 Å². The first-order chi connectivity index (χ1) is 6.88. The van der Waals surface area contributed by atoms with E-state index in [0.29, 0.717) is 0 Å². The van der Waals surface area contributed by atoms with Crippen molar-refractivity contribution in [1.29, 1.82) is 0 Å². The normalized spacial score (nSPS) is 25.4. The number of thiazole rings is 1. The number of rotatable bonds is 3. The molecular weight excluding hydrogens is 192 g/mol. The monoisotopic (exact) mass is 208 g/mol. The lowest BCUT2D eigenvalue weighted by Gasteiger charge is -2.06. The van der Waals surface area contributed by atoms with Gasteiger partial charge in [-0.3, -0.25) is 0 Å². The van der Waals surface area contributed by atoms with E-state index >= 15 is 0 Å². The van der Waals surface area contributed by atoms with Crippen LogP contribution in [0, 0.1) is 0 Å². The number of nitrogens with one attached hydrogen (secondary N) is 1. The molecule has 3 rings (SSSR count). The molecule has 2 aliphatic rings. The zero-order valence-electron chi connectivity index (χ0n) is 8.55. The molecule has 1 fully saturated rings. The van der Waals surface area contributed by atoms with Crippen molar-refractivity contribution < 1.29 is 0 Å². The second-order valence-electron chi connectivity index (χ2n) is 4.43. The minimum atomic E-state index is 0.750. The maximum absolute atomic E-state index is 4.78. The molecule has 1 N–H and O–H groups in total. The average Bonchev–Trinajstić information content (AvgIpc) is 2.84. The standard InChI is InChI=1S/C11H16N2S/c1-12-6-8-4-5-9-10(8)14-11(13-9)7-2-3-7/h7-8,12H,2-6H2,1H3. The maximum Gasteiger partial charge on any atom is 0.0962 e. The highest BCUT2D eigenvalue weighted by Gasteiger charge is 2.32. The van der Waals surface area contributed by atoms with E-state index in [0.717, 1.165) is 18.4 Å². The Balaban J connectivity index is 1.86. The van der Waals surface area contributed by atoms with Gasteiger partial charge in [0.1, 0.15) is 0 Å². The predicted molar refractivity (Wildman–Crippen MR) is 59.1 cm³/mol. The van der Waals surface area contributed by atoms with E-state index in [4.69, 9.17) is 4.98 Å². The van der Waals surface area contributed by atoms with Crippen LogP contribution in [0.2, 0.25) is 0 Å². The van der Waals surface area contributed by atoms with Crippen LogP contribution in [-0.4, -0.2) is 18.6 Å². The van der Waals surface area contributed by atoms with Crippen LogP contribution in [0.5, 0.6) is 0 Å². The molecule has 1 unspecified atom stereocenters. The first-order valence-electron chi connectivity index (χ1n) is 5.52. The van der Waals surface area contributed by atoms with Crippen LogP contribution in [0.1, 0.15) is 46.7 Å². The van der Waals surface area contributed by atoms with Crippen molar-refractivity contribution in [2.24, 2.45) is 0 Å². The summed E-state index contributed by atoms with van der Waals surface area (Å²) in [5, 5.41) is 4.71. The molecule has 0 aromatic carbocycles. The highest BCUT2D eigenvalue weighted by molar-refractivity contribution is 7.12. The summed E-state index contributed by atoms with van der Waals surface area (Å²) in [6.07, 6.45) is 5.27. The molecule has 1 aromatic heterocycles. The number of fused-ring (bicyclic) bond motifs is 1. The van der Waals surface area contributed by atoms with E-state index < -0.39 is 0 Å².